The molecule has 0 saturated heterocycles. The lowest BCUT2D eigenvalue weighted by Gasteiger charge is -2.28. The minimum atomic E-state index is -0.0685. The highest BCUT2D eigenvalue weighted by Crippen LogP contribution is 2.27. The number of thiazole rings is 1. The molecule has 0 saturated carbocycles. The van der Waals surface area contributed by atoms with Gasteiger partial charge in [-0.3, -0.25) is 4.79 Å². The van der Waals surface area contributed by atoms with Gasteiger partial charge in [-0.15, -0.1) is 11.3 Å². The Labute approximate surface area is 162 Å². The summed E-state index contributed by atoms with van der Waals surface area (Å²) in [6.07, 6.45) is 0.255. The van der Waals surface area contributed by atoms with Gasteiger partial charge in [-0.2, -0.15) is 5.26 Å². The van der Waals surface area contributed by atoms with E-state index in [0.717, 1.165) is 27.8 Å². The van der Waals surface area contributed by atoms with Gasteiger partial charge < -0.3 is 9.32 Å². The molecule has 0 spiro atoms. The largest absolute Gasteiger partial charge is 0.459 e. The van der Waals surface area contributed by atoms with Crippen molar-refractivity contribution >= 4 is 17.2 Å². The molecule has 3 rings (SSSR count). The number of aryl methyl sites for hydroxylation is 1. The highest BCUT2D eigenvalue weighted by molar-refractivity contribution is 7.13. The molecule has 0 N–H and O–H groups in total. The number of amides is 1. The Hall–Kier alpha value is -2.91. The minimum absolute atomic E-state index is 0.0295. The fourth-order valence-electron chi connectivity index (χ4n) is 2.99. The molecular weight excluding hydrogens is 358 g/mol. The highest BCUT2D eigenvalue weighted by atomic mass is 32.1. The van der Waals surface area contributed by atoms with Crippen LogP contribution in [0.4, 0.5) is 0 Å². The van der Waals surface area contributed by atoms with E-state index in [4.69, 9.17) is 9.68 Å². The normalized spacial score (nSPS) is 11.8. The van der Waals surface area contributed by atoms with Crippen molar-refractivity contribution in [2.24, 2.45) is 0 Å². The van der Waals surface area contributed by atoms with Crippen LogP contribution in [0.25, 0.3) is 10.8 Å². The maximum atomic E-state index is 12.8. The molecule has 2 heterocycles. The van der Waals surface area contributed by atoms with Gasteiger partial charge in [-0.05, 0) is 50.6 Å². The van der Waals surface area contributed by atoms with Gasteiger partial charge in [-0.1, -0.05) is 12.1 Å². The molecule has 1 atom stereocenters. The molecule has 2 aromatic heterocycles. The van der Waals surface area contributed by atoms with E-state index in [-0.39, 0.29) is 18.4 Å². The zero-order valence-electron chi connectivity index (χ0n) is 15.6. The van der Waals surface area contributed by atoms with Crippen LogP contribution in [-0.2, 0) is 11.2 Å². The van der Waals surface area contributed by atoms with Crippen LogP contribution in [-0.4, -0.2) is 22.3 Å². The van der Waals surface area contributed by atoms with Gasteiger partial charge in [-0.25, -0.2) is 4.98 Å². The second-order valence-electron chi connectivity index (χ2n) is 6.32. The van der Waals surface area contributed by atoms with E-state index in [0.29, 0.717) is 12.1 Å². The summed E-state index contributed by atoms with van der Waals surface area (Å²) < 4.78 is 5.60. The summed E-state index contributed by atoms with van der Waals surface area (Å²) in [4.78, 5) is 19.2. The third-order valence-electron chi connectivity index (χ3n) is 4.49. The first-order valence-corrected chi connectivity index (χ1v) is 9.70. The van der Waals surface area contributed by atoms with Crippen LogP contribution in [0, 0.1) is 18.3 Å². The van der Waals surface area contributed by atoms with E-state index in [1.807, 2.05) is 55.3 Å². The summed E-state index contributed by atoms with van der Waals surface area (Å²) in [6.45, 7) is 6.47. The van der Waals surface area contributed by atoms with Crippen molar-refractivity contribution in [3.63, 3.8) is 0 Å². The van der Waals surface area contributed by atoms with Gasteiger partial charge in [0, 0.05) is 11.9 Å². The number of hydrogen-bond acceptors (Lipinski definition) is 5. The number of hydrogen-bond donors (Lipinski definition) is 0. The van der Waals surface area contributed by atoms with Crippen molar-refractivity contribution in [3.8, 4) is 16.8 Å². The molecule has 1 amide bonds. The molecule has 0 fully saturated rings. The average molecular weight is 379 g/mol. The van der Waals surface area contributed by atoms with Crippen molar-refractivity contribution < 1.29 is 9.21 Å². The quantitative estimate of drug-likeness (QED) is 0.620. The van der Waals surface area contributed by atoms with Crippen LogP contribution < -0.4 is 0 Å². The molecule has 3 aromatic rings. The van der Waals surface area contributed by atoms with E-state index < -0.39 is 0 Å². The number of aromatic nitrogens is 1. The number of nitrogens with zero attached hydrogens (tertiary/aromatic N) is 3. The van der Waals surface area contributed by atoms with Crippen LogP contribution in [0.3, 0.4) is 0 Å². The molecule has 0 radical (unpaired) electrons. The molecule has 6 heteroatoms. The van der Waals surface area contributed by atoms with E-state index >= 15 is 0 Å². The summed E-state index contributed by atoms with van der Waals surface area (Å²) in [5.74, 6) is 1.60. The number of benzene rings is 1. The third kappa shape index (κ3) is 4.26. The van der Waals surface area contributed by atoms with Crippen LogP contribution >= 0.6 is 11.3 Å². The topological polar surface area (TPSA) is 70.1 Å². The summed E-state index contributed by atoms with van der Waals surface area (Å²) in [7, 11) is 0. The number of likely N-dealkylation sites (N-methyl/N-ethyl adjacent to an activating group) is 1. The van der Waals surface area contributed by atoms with Crippen LogP contribution in [0.5, 0.6) is 0 Å². The molecule has 0 aliphatic rings. The van der Waals surface area contributed by atoms with Gasteiger partial charge in [0.05, 0.1) is 29.8 Å². The molecule has 138 valence electrons. The lowest BCUT2D eigenvalue weighted by Crippen LogP contribution is -2.34. The predicted octanol–water partition coefficient (Wildman–Crippen LogP) is 4.74. The maximum Gasteiger partial charge on any atom is 0.229 e. The Balaban J connectivity index is 1.71. The summed E-state index contributed by atoms with van der Waals surface area (Å²) in [5.41, 5.74) is 2.37. The molecule has 27 heavy (non-hydrogen) atoms. The van der Waals surface area contributed by atoms with E-state index in [1.54, 1.807) is 12.1 Å². The van der Waals surface area contributed by atoms with E-state index in [1.165, 1.54) is 11.3 Å². The summed E-state index contributed by atoms with van der Waals surface area (Å²) in [6, 6.07) is 13.2. The number of furan rings is 1. The van der Waals surface area contributed by atoms with Gasteiger partial charge in [0.2, 0.25) is 5.91 Å². The monoisotopic (exact) mass is 379 g/mol. The molecule has 0 aliphatic carbocycles. The van der Waals surface area contributed by atoms with Gasteiger partial charge in [0.1, 0.15) is 5.76 Å². The number of nitriles is 1. The molecule has 0 bridgehead atoms. The Kier molecular flexibility index (Phi) is 5.72. The Morgan fingerprint density at radius 2 is 2.04 bits per heavy atom. The van der Waals surface area contributed by atoms with Crippen molar-refractivity contribution in [1.82, 2.24) is 9.88 Å². The molecule has 5 nitrogen and oxygen atoms in total. The Morgan fingerprint density at radius 3 is 2.63 bits per heavy atom. The molecule has 1 aromatic carbocycles. The average Bonchev–Trinajstić information content (AvgIpc) is 3.31. The zero-order chi connectivity index (χ0) is 19.4. The predicted molar refractivity (Wildman–Crippen MR) is 105 cm³/mol. The number of carbonyl (C=O) groups excluding carboxylic acids is 1. The second-order valence-corrected chi connectivity index (χ2v) is 7.18. The SMILES string of the molecule is CCN(C(=O)Cc1csc(-c2ccc(C)o2)n1)C(C)c1ccc(C#N)cc1. The van der Waals surface area contributed by atoms with E-state index in [9.17, 15) is 4.79 Å². The van der Waals surface area contributed by atoms with Crippen LogP contribution in [0.1, 0.15) is 42.5 Å². The van der Waals surface area contributed by atoms with Gasteiger partial charge in [0.15, 0.2) is 10.8 Å². The van der Waals surface area contributed by atoms with Crippen molar-refractivity contribution in [1.29, 1.82) is 5.26 Å². The Bertz CT molecular complexity index is 966. The van der Waals surface area contributed by atoms with Gasteiger partial charge >= 0.3 is 0 Å². The van der Waals surface area contributed by atoms with Crippen molar-refractivity contribution in [2.75, 3.05) is 6.54 Å². The lowest BCUT2D eigenvalue weighted by atomic mass is 10.0. The number of rotatable bonds is 6. The first-order chi connectivity index (χ1) is 13.0. The third-order valence-corrected chi connectivity index (χ3v) is 5.39. The highest BCUT2D eigenvalue weighted by Gasteiger charge is 2.21. The van der Waals surface area contributed by atoms with Crippen molar-refractivity contribution in [3.05, 3.63) is 64.4 Å². The fourth-order valence-corrected chi connectivity index (χ4v) is 3.77. The molecule has 1 unspecified atom stereocenters. The first kappa shape index (κ1) is 18.9. The zero-order valence-corrected chi connectivity index (χ0v) is 16.4. The van der Waals surface area contributed by atoms with Crippen LogP contribution in [0.15, 0.2) is 46.2 Å². The molecule has 0 aliphatic heterocycles. The van der Waals surface area contributed by atoms with Crippen LogP contribution in [0.2, 0.25) is 0 Å². The van der Waals surface area contributed by atoms with Gasteiger partial charge in [0.25, 0.3) is 0 Å². The smallest absolute Gasteiger partial charge is 0.229 e. The lowest BCUT2D eigenvalue weighted by molar-refractivity contribution is -0.132. The maximum absolute atomic E-state index is 12.8. The van der Waals surface area contributed by atoms with E-state index in [2.05, 4.69) is 11.1 Å². The standard InChI is InChI=1S/C21H21N3O2S/c1-4-24(15(3)17-8-6-16(12-22)7-9-17)20(25)11-18-13-27-21(23-18)19-10-5-14(2)26-19/h5-10,13,15H,4,11H2,1-3H3. The molecular formula is C21H21N3O2S. The summed E-state index contributed by atoms with van der Waals surface area (Å²) in [5, 5.41) is 11.6. The Morgan fingerprint density at radius 1 is 1.30 bits per heavy atom. The van der Waals surface area contributed by atoms with Crippen molar-refractivity contribution in [2.45, 2.75) is 33.2 Å². The minimum Gasteiger partial charge on any atom is -0.459 e. The fraction of sp³-hybridized carbons (Fsp3) is 0.286. The first-order valence-electron chi connectivity index (χ1n) is 8.82. The summed E-state index contributed by atoms with van der Waals surface area (Å²) >= 11 is 1.48. The number of carbonyl (C=O) groups is 1. The second kappa shape index (κ2) is 8.19.